The van der Waals surface area contributed by atoms with Gasteiger partial charge in [0, 0.05) is 28.6 Å². The second-order valence-electron chi connectivity index (χ2n) is 5.63. The van der Waals surface area contributed by atoms with Gasteiger partial charge in [0.2, 0.25) is 0 Å². The largest absolute Gasteiger partial charge is 0.496 e. The second kappa shape index (κ2) is 6.16. The van der Waals surface area contributed by atoms with Gasteiger partial charge >= 0.3 is 5.97 Å². The van der Waals surface area contributed by atoms with Gasteiger partial charge in [0.05, 0.1) is 13.5 Å². The fourth-order valence-corrected chi connectivity index (χ4v) is 3.08. The van der Waals surface area contributed by atoms with E-state index in [1.165, 1.54) is 5.56 Å². The molecule has 0 radical (unpaired) electrons. The lowest BCUT2D eigenvalue weighted by molar-refractivity contribution is -0.136. The topological polar surface area (TPSA) is 62.3 Å². The number of rotatable bonds is 5. The average Bonchev–Trinajstić information content (AvgIpc) is 2.84. The summed E-state index contributed by atoms with van der Waals surface area (Å²) in [6.45, 7) is 1.91. The van der Waals surface area contributed by atoms with E-state index in [1.54, 1.807) is 7.11 Å². The fourth-order valence-electron chi connectivity index (χ4n) is 3.08. The molecule has 4 nitrogen and oxygen atoms in total. The molecule has 1 heterocycles. The van der Waals surface area contributed by atoms with Gasteiger partial charge in [0.15, 0.2) is 0 Å². The molecule has 1 aromatic heterocycles. The first-order chi connectivity index (χ1) is 11.1. The van der Waals surface area contributed by atoms with Gasteiger partial charge in [-0.2, -0.15) is 0 Å². The van der Waals surface area contributed by atoms with E-state index in [0.29, 0.717) is 6.42 Å². The lowest BCUT2D eigenvalue weighted by Crippen LogP contribution is -2.02. The number of fused-ring (bicyclic) bond motifs is 1. The number of aromatic nitrogens is 1. The third kappa shape index (κ3) is 2.93. The lowest BCUT2D eigenvalue weighted by atomic mass is 9.96. The molecule has 0 aliphatic rings. The highest BCUT2D eigenvalue weighted by Crippen LogP contribution is 2.34. The number of benzene rings is 2. The molecule has 0 bridgehead atoms. The zero-order valence-electron chi connectivity index (χ0n) is 13.2. The number of carboxylic acids is 1. The summed E-state index contributed by atoms with van der Waals surface area (Å²) in [5.41, 5.74) is 4.86. The number of H-pyrrole nitrogens is 1. The molecular formula is C19H19NO3. The molecule has 118 valence electrons. The molecule has 0 saturated carbocycles. The average molecular weight is 309 g/mol. The molecule has 0 atom stereocenters. The lowest BCUT2D eigenvalue weighted by Gasteiger charge is -2.12. The van der Waals surface area contributed by atoms with Crippen molar-refractivity contribution in [2.45, 2.75) is 19.8 Å². The van der Waals surface area contributed by atoms with Crippen LogP contribution in [0.2, 0.25) is 0 Å². The van der Waals surface area contributed by atoms with Crippen molar-refractivity contribution in [3.8, 4) is 5.75 Å². The Balaban J connectivity index is 2.21. The summed E-state index contributed by atoms with van der Waals surface area (Å²) in [7, 11) is 1.64. The molecule has 0 fully saturated rings. The number of carboxylic acid groups (broad SMARTS) is 1. The van der Waals surface area contributed by atoms with E-state index in [-0.39, 0.29) is 6.42 Å². The Labute approximate surface area is 134 Å². The highest BCUT2D eigenvalue weighted by Gasteiger charge is 2.18. The zero-order valence-corrected chi connectivity index (χ0v) is 13.2. The van der Waals surface area contributed by atoms with Crippen molar-refractivity contribution in [1.29, 1.82) is 0 Å². The number of carbonyl (C=O) groups is 1. The van der Waals surface area contributed by atoms with Crippen LogP contribution >= 0.6 is 0 Å². The number of hydrogen-bond donors (Lipinski definition) is 2. The molecule has 23 heavy (non-hydrogen) atoms. The Morgan fingerprint density at radius 3 is 2.52 bits per heavy atom. The van der Waals surface area contributed by atoms with Gasteiger partial charge in [-0.15, -0.1) is 0 Å². The maximum atomic E-state index is 11.2. The molecule has 0 saturated heterocycles. The summed E-state index contributed by atoms with van der Waals surface area (Å²) >= 11 is 0. The van der Waals surface area contributed by atoms with Crippen LogP contribution in [0.5, 0.6) is 5.75 Å². The number of aliphatic carboxylic acids is 1. The number of hydrogen-bond acceptors (Lipinski definition) is 2. The van der Waals surface area contributed by atoms with E-state index in [9.17, 15) is 9.90 Å². The van der Waals surface area contributed by atoms with Crippen LogP contribution in [0.25, 0.3) is 10.9 Å². The minimum absolute atomic E-state index is 0.000784. The van der Waals surface area contributed by atoms with Crippen molar-refractivity contribution in [1.82, 2.24) is 4.98 Å². The molecule has 0 aliphatic heterocycles. The van der Waals surface area contributed by atoms with Crippen LogP contribution in [-0.2, 0) is 17.6 Å². The first kappa shape index (κ1) is 15.2. The molecular weight excluding hydrogens is 290 g/mol. The highest BCUT2D eigenvalue weighted by atomic mass is 16.5. The maximum Gasteiger partial charge on any atom is 0.307 e. The summed E-state index contributed by atoms with van der Waals surface area (Å²) in [4.78, 5) is 14.5. The van der Waals surface area contributed by atoms with Crippen LogP contribution in [0, 0.1) is 6.92 Å². The third-order valence-electron chi connectivity index (χ3n) is 4.12. The number of nitrogens with one attached hydrogen (secondary N) is 1. The number of aryl methyl sites for hydroxylation is 1. The molecule has 0 amide bonds. The van der Waals surface area contributed by atoms with Gasteiger partial charge in [-0.05, 0) is 30.2 Å². The SMILES string of the molecule is COc1ccc2[nH]c(C)c(CC(=O)O)c2c1Cc1ccccc1. The number of methoxy groups -OCH3 is 1. The Hall–Kier alpha value is -2.75. The minimum Gasteiger partial charge on any atom is -0.496 e. The predicted molar refractivity (Wildman–Crippen MR) is 90.2 cm³/mol. The van der Waals surface area contributed by atoms with E-state index >= 15 is 0 Å². The summed E-state index contributed by atoms with van der Waals surface area (Å²) in [6, 6.07) is 14.0. The highest BCUT2D eigenvalue weighted by molar-refractivity contribution is 5.92. The van der Waals surface area contributed by atoms with Crippen LogP contribution in [0.15, 0.2) is 42.5 Å². The molecule has 2 aromatic carbocycles. The molecule has 0 spiro atoms. The van der Waals surface area contributed by atoms with Gasteiger partial charge in [-0.3, -0.25) is 4.79 Å². The van der Waals surface area contributed by atoms with Crippen molar-refractivity contribution in [2.24, 2.45) is 0 Å². The number of ether oxygens (including phenoxy) is 1. The van der Waals surface area contributed by atoms with E-state index in [4.69, 9.17) is 4.74 Å². The summed E-state index contributed by atoms with van der Waals surface area (Å²) < 4.78 is 5.53. The predicted octanol–water partition coefficient (Wildman–Crippen LogP) is 3.70. The summed E-state index contributed by atoms with van der Waals surface area (Å²) in [6.07, 6.45) is 0.700. The maximum absolute atomic E-state index is 11.2. The quantitative estimate of drug-likeness (QED) is 0.755. The molecule has 4 heteroatoms. The Morgan fingerprint density at radius 2 is 1.87 bits per heavy atom. The van der Waals surface area contributed by atoms with Gasteiger partial charge in [-0.25, -0.2) is 0 Å². The minimum atomic E-state index is -0.831. The molecule has 0 aliphatic carbocycles. The standard InChI is InChI=1S/C19H19NO3/c1-12-14(11-18(21)22)19-15(10-13-6-4-3-5-7-13)17(23-2)9-8-16(19)20-12/h3-9,20H,10-11H2,1-2H3,(H,21,22). The van der Waals surface area contributed by atoms with E-state index in [1.807, 2.05) is 37.3 Å². The first-order valence-electron chi connectivity index (χ1n) is 7.53. The molecule has 2 N–H and O–H groups in total. The molecule has 0 unspecified atom stereocenters. The summed E-state index contributed by atoms with van der Waals surface area (Å²) in [5.74, 6) is -0.0468. The monoisotopic (exact) mass is 309 g/mol. The molecule has 3 rings (SSSR count). The smallest absolute Gasteiger partial charge is 0.307 e. The van der Waals surface area contributed by atoms with Gasteiger partial charge in [0.25, 0.3) is 0 Å². The Kier molecular flexibility index (Phi) is 4.06. The van der Waals surface area contributed by atoms with Crippen LogP contribution in [0.3, 0.4) is 0 Å². The van der Waals surface area contributed by atoms with Crippen LogP contribution in [-0.4, -0.2) is 23.2 Å². The molecule has 3 aromatic rings. The van der Waals surface area contributed by atoms with Crippen molar-refractivity contribution in [3.63, 3.8) is 0 Å². The van der Waals surface area contributed by atoms with E-state index in [0.717, 1.165) is 33.5 Å². The van der Waals surface area contributed by atoms with Gasteiger partial charge in [-0.1, -0.05) is 30.3 Å². The van der Waals surface area contributed by atoms with Crippen LogP contribution < -0.4 is 4.74 Å². The Morgan fingerprint density at radius 1 is 1.13 bits per heavy atom. The van der Waals surface area contributed by atoms with Crippen molar-refractivity contribution < 1.29 is 14.6 Å². The van der Waals surface area contributed by atoms with Crippen molar-refractivity contribution in [3.05, 3.63) is 64.8 Å². The second-order valence-corrected chi connectivity index (χ2v) is 5.63. The third-order valence-corrected chi connectivity index (χ3v) is 4.12. The van der Waals surface area contributed by atoms with E-state index < -0.39 is 5.97 Å². The zero-order chi connectivity index (χ0) is 16.4. The van der Waals surface area contributed by atoms with Gasteiger partial charge < -0.3 is 14.8 Å². The van der Waals surface area contributed by atoms with Crippen molar-refractivity contribution in [2.75, 3.05) is 7.11 Å². The van der Waals surface area contributed by atoms with Crippen LogP contribution in [0.1, 0.15) is 22.4 Å². The van der Waals surface area contributed by atoms with E-state index in [2.05, 4.69) is 17.1 Å². The van der Waals surface area contributed by atoms with Gasteiger partial charge in [0.1, 0.15) is 5.75 Å². The fraction of sp³-hybridized carbons (Fsp3) is 0.211. The summed E-state index contributed by atoms with van der Waals surface area (Å²) in [5, 5.41) is 10.2. The first-order valence-corrected chi connectivity index (χ1v) is 7.53. The Bertz CT molecular complexity index is 850. The van der Waals surface area contributed by atoms with Crippen LogP contribution in [0.4, 0.5) is 0 Å². The number of aromatic amines is 1. The van der Waals surface area contributed by atoms with Crippen molar-refractivity contribution >= 4 is 16.9 Å². The normalized spacial score (nSPS) is 10.9.